The molecular weight excluding hydrogens is 731 g/mol. The predicted molar refractivity (Wildman–Crippen MR) is 205 cm³/mol. The molecule has 1 saturated carbocycles. The van der Waals surface area contributed by atoms with Gasteiger partial charge in [-0.15, -0.1) is 23.1 Å². The van der Waals surface area contributed by atoms with E-state index >= 15 is 0 Å². The van der Waals surface area contributed by atoms with E-state index in [0.717, 1.165) is 48.1 Å². The van der Waals surface area contributed by atoms with Crippen LogP contribution in [-0.2, 0) is 28.6 Å². The van der Waals surface area contributed by atoms with Gasteiger partial charge >= 0.3 is 18.2 Å². The number of benzene rings is 2. The van der Waals surface area contributed by atoms with Gasteiger partial charge in [0.25, 0.3) is 11.8 Å². The number of esters is 1. The Balaban J connectivity index is 1.23. The third-order valence-electron chi connectivity index (χ3n) is 9.11. The van der Waals surface area contributed by atoms with E-state index in [9.17, 15) is 24.0 Å². The molecule has 2 fully saturated rings. The second-order valence-corrected chi connectivity index (χ2v) is 16.2. The van der Waals surface area contributed by atoms with Gasteiger partial charge in [-0.25, -0.2) is 19.4 Å². The largest absolute Gasteiger partial charge is 0.448 e. The molecule has 54 heavy (non-hydrogen) atoms. The lowest BCUT2D eigenvalue weighted by Crippen LogP contribution is -2.70. The van der Waals surface area contributed by atoms with Gasteiger partial charge in [-0.1, -0.05) is 92.4 Å². The second-order valence-electron chi connectivity index (χ2n) is 14.2. The van der Waals surface area contributed by atoms with Crippen LogP contribution in [0.4, 0.5) is 14.7 Å². The summed E-state index contributed by atoms with van der Waals surface area (Å²) in [4.78, 5) is 71.9. The number of amides is 4. The van der Waals surface area contributed by atoms with Crippen LogP contribution in [0.15, 0.2) is 83.4 Å². The number of thiazole rings is 1. The maximum atomic E-state index is 14.1. The van der Waals surface area contributed by atoms with Crippen molar-refractivity contribution >= 4 is 63.8 Å². The number of nitrogens with two attached hydrogens (primary N) is 1. The molecule has 0 unspecified atom stereocenters. The fourth-order valence-corrected chi connectivity index (χ4v) is 8.62. The summed E-state index contributed by atoms with van der Waals surface area (Å²) < 4.78 is 16.6. The van der Waals surface area contributed by atoms with Crippen molar-refractivity contribution in [1.82, 2.24) is 15.2 Å². The fourth-order valence-electron chi connectivity index (χ4n) is 6.60. The monoisotopic (exact) mass is 773 g/mol. The number of nitrogens with zero attached hydrogens (tertiary/aromatic N) is 2. The number of aromatic nitrogens is 1. The van der Waals surface area contributed by atoms with Crippen molar-refractivity contribution in [2.75, 3.05) is 17.7 Å². The van der Waals surface area contributed by atoms with Crippen LogP contribution < -0.4 is 16.4 Å². The van der Waals surface area contributed by atoms with Crippen molar-refractivity contribution in [2.45, 2.75) is 76.0 Å². The average Bonchev–Trinajstić information content (AvgIpc) is 3.84. The standard InChI is InChI=1S/C39H43N5O8S2/c1-39(2,3)52-38(49)43-37-41-28(22-54-37)27(19-18-23-12-10-11-13-23)32(45)42-29-33(46)44-30(26(20-50-36(40)48)21-53-34(29)44)35(47)51-31(24-14-6-4-7-15-24)25-16-8-5-9-17-25/h4-9,14-17,19,22-23,29,31,34H,10-13,18,20-21H2,1-3H3,(H2,40,48)(H,42,45)(H,41,43,49)/b27-19-/t29-,34-/m1/s1. The van der Waals surface area contributed by atoms with Gasteiger partial charge in [0.1, 0.15) is 29.3 Å². The molecule has 15 heteroatoms. The fraction of sp³-hybridized carbons (Fsp3) is 0.385. The first-order chi connectivity index (χ1) is 25.9. The molecular formula is C39H43N5O8S2. The number of fused-ring (bicyclic) bond motifs is 1. The number of hydrogen-bond donors (Lipinski definition) is 3. The van der Waals surface area contributed by atoms with Crippen molar-refractivity contribution in [3.05, 3.63) is 100 Å². The molecule has 1 aliphatic carbocycles. The van der Waals surface area contributed by atoms with Crippen LogP contribution in [0.1, 0.15) is 75.8 Å². The van der Waals surface area contributed by atoms with E-state index < -0.39 is 53.1 Å². The Morgan fingerprint density at radius 1 is 1.02 bits per heavy atom. The molecule has 1 saturated heterocycles. The molecule has 284 valence electrons. The highest BCUT2D eigenvalue weighted by molar-refractivity contribution is 8.00. The van der Waals surface area contributed by atoms with Crippen molar-refractivity contribution in [3.63, 3.8) is 0 Å². The molecule has 13 nitrogen and oxygen atoms in total. The Morgan fingerprint density at radius 2 is 1.67 bits per heavy atom. The number of hydrogen-bond acceptors (Lipinski definition) is 11. The van der Waals surface area contributed by atoms with Gasteiger partial charge in [0.2, 0.25) is 0 Å². The topological polar surface area (TPSA) is 179 Å². The van der Waals surface area contributed by atoms with Gasteiger partial charge in [0, 0.05) is 16.7 Å². The summed E-state index contributed by atoms with van der Waals surface area (Å²) in [5.74, 6) is -1.19. The quantitative estimate of drug-likeness (QED) is 0.0793. The highest BCUT2D eigenvalue weighted by atomic mass is 32.2. The number of β-lactam (4-membered cyclic amide) rings is 1. The van der Waals surface area contributed by atoms with E-state index in [-0.39, 0.29) is 28.8 Å². The summed E-state index contributed by atoms with van der Waals surface area (Å²) in [6.07, 6.45) is 4.40. The van der Waals surface area contributed by atoms with Crippen LogP contribution in [0.3, 0.4) is 0 Å². The molecule has 1 aromatic heterocycles. The zero-order valence-corrected chi connectivity index (χ0v) is 31.9. The molecule has 2 aromatic carbocycles. The average molecular weight is 774 g/mol. The lowest BCUT2D eigenvalue weighted by molar-refractivity contribution is -0.154. The number of carbonyl (C=O) groups is 5. The van der Waals surface area contributed by atoms with Gasteiger partial charge in [-0.3, -0.25) is 19.8 Å². The molecule has 3 aromatic rings. The van der Waals surface area contributed by atoms with E-state index in [1.54, 1.807) is 26.2 Å². The van der Waals surface area contributed by atoms with Crippen molar-refractivity contribution in [1.29, 1.82) is 0 Å². The van der Waals surface area contributed by atoms with Crippen molar-refractivity contribution in [3.8, 4) is 0 Å². The number of carbonyl (C=O) groups excluding carboxylic acids is 5. The smallest absolute Gasteiger partial charge is 0.413 e. The molecule has 2 aliphatic heterocycles. The Bertz CT molecular complexity index is 1900. The SMILES string of the molecule is CC(C)(C)OC(=O)Nc1nc(/C(=C/CC2CCCC2)C(=O)N[C@@H]2C(=O)N3C(C(=O)OC(c4ccccc4)c4ccccc4)=C(COC(N)=O)CS[C@H]23)cs1. The normalized spacial score (nSPS) is 18.9. The molecule has 2 atom stereocenters. The highest BCUT2D eigenvalue weighted by Gasteiger charge is 2.55. The lowest BCUT2D eigenvalue weighted by Gasteiger charge is -2.49. The third kappa shape index (κ3) is 9.31. The molecule has 4 N–H and O–H groups in total. The minimum Gasteiger partial charge on any atom is -0.448 e. The highest BCUT2D eigenvalue weighted by Crippen LogP contribution is 2.42. The van der Waals surface area contributed by atoms with Gasteiger partial charge in [0.05, 0.1) is 11.3 Å². The minimum absolute atomic E-state index is 0.0540. The summed E-state index contributed by atoms with van der Waals surface area (Å²) >= 11 is 2.47. The molecule has 0 bridgehead atoms. The molecule has 0 radical (unpaired) electrons. The summed E-state index contributed by atoms with van der Waals surface area (Å²) in [7, 11) is 0. The molecule has 3 aliphatic rings. The van der Waals surface area contributed by atoms with Gasteiger partial charge in [-0.05, 0) is 44.2 Å². The maximum Gasteiger partial charge on any atom is 0.413 e. The van der Waals surface area contributed by atoms with Crippen LogP contribution in [0.5, 0.6) is 0 Å². The second kappa shape index (κ2) is 16.9. The van der Waals surface area contributed by atoms with E-state index in [4.69, 9.17) is 19.9 Å². The van der Waals surface area contributed by atoms with Crippen LogP contribution in [0, 0.1) is 5.92 Å². The zero-order chi connectivity index (χ0) is 38.4. The first-order valence-corrected chi connectivity index (χ1v) is 19.7. The summed E-state index contributed by atoms with van der Waals surface area (Å²) in [5, 5.41) is 6.80. The maximum absolute atomic E-state index is 14.1. The molecule has 6 rings (SSSR count). The number of anilines is 1. The summed E-state index contributed by atoms with van der Waals surface area (Å²) in [6, 6.07) is 17.4. The Labute approximate surface area is 321 Å². The molecule has 4 amide bonds. The van der Waals surface area contributed by atoms with Gasteiger partial charge in [0.15, 0.2) is 11.2 Å². The van der Waals surface area contributed by atoms with E-state index in [2.05, 4.69) is 15.6 Å². The summed E-state index contributed by atoms with van der Waals surface area (Å²) in [5.41, 5.74) is 6.92. The molecule has 3 heterocycles. The van der Waals surface area contributed by atoms with Crippen molar-refractivity contribution in [2.24, 2.45) is 11.7 Å². The van der Waals surface area contributed by atoms with E-state index in [0.29, 0.717) is 23.6 Å². The first-order valence-electron chi connectivity index (χ1n) is 17.7. The predicted octanol–water partition coefficient (Wildman–Crippen LogP) is 6.54. The number of thioether (sulfide) groups is 1. The lowest BCUT2D eigenvalue weighted by atomic mass is 9.99. The van der Waals surface area contributed by atoms with Crippen molar-refractivity contribution < 1.29 is 38.2 Å². The number of ether oxygens (including phenoxy) is 3. The van der Waals surface area contributed by atoms with Crippen LogP contribution >= 0.6 is 23.1 Å². The van der Waals surface area contributed by atoms with Crippen LogP contribution in [0.2, 0.25) is 0 Å². The van der Waals surface area contributed by atoms with Crippen LogP contribution in [0.25, 0.3) is 5.57 Å². The Hall–Kier alpha value is -5.15. The number of rotatable bonds is 12. The van der Waals surface area contributed by atoms with E-state index in [1.807, 2.05) is 66.7 Å². The number of nitrogens with one attached hydrogen (secondary N) is 2. The number of allylic oxidation sites excluding steroid dienone is 1. The van der Waals surface area contributed by atoms with E-state index in [1.165, 1.54) is 16.7 Å². The van der Waals surface area contributed by atoms with Gasteiger partial charge < -0.3 is 25.3 Å². The first kappa shape index (κ1) is 38.6. The summed E-state index contributed by atoms with van der Waals surface area (Å²) in [6.45, 7) is 4.94. The van der Waals surface area contributed by atoms with Gasteiger partial charge in [-0.2, -0.15) is 0 Å². The number of primary amides is 1. The minimum atomic E-state index is -1.03. The zero-order valence-electron chi connectivity index (χ0n) is 30.2. The molecule has 0 spiro atoms. The third-order valence-corrected chi connectivity index (χ3v) is 11.2. The Morgan fingerprint density at radius 3 is 2.28 bits per heavy atom. The van der Waals surface area contributed by atoms with Crippen LogP contribution in [-0.4, -0.2) is 69.2 Å². The Kier molecular flexibility index (Phi) is 12.1.